The normalized spacial score (nSPS) is 29.5. The molecule has 1 saturated heterocycles. The van der Waals surface area contributed by atoms with Gasteiger partial charge >= 0.3 is 0 Å². The van der Waals surface area contributed by atoms with E-state index in [-0.39, 0.29) is 6.04 Å². The van der Waals surface area contributed by atoms with Gasteiger partial charge in [-0.3, -0.25) is 4.90 Å². The molecule has 1 aliphatic heterocycles. The molecular formula is C11H19N3. The SMILES string of the molecule is N#CC1CNCCN1CCC1CCC1. The molecule has 78 valence electrons. The maximum Gasteiger partial charge on any atom is 0.110 e. The van der Waals surface area contributed by atoms with Gasteiger partial charge in [0, 0.05) is 19.6 Å². The van der Waals surface area contributed by atoms with Crippen LogP contribution in [-0.2, 0) is 0 Å². The van der Waals surface area contributed by atoms with Crippen molar-refractivity contribution in [1.29, 1.82) is 5.26 Å². The number of nitrogens with one attached hydrogen (secondary N) is 1. The fourth-order valence-electron chi connectivity index (χ4n) is 2.27. The lowest BCUT2D eigenvalue weighted by Gasteiger charge is -2.34. The molecule has 14 heavy (non-hydrogen) atoms. The van der Waals surface area contributed by atoms with Crippen molar-refractivity contribution in [2.45, 2.75) is 31.7 Å². The van der Waals surface area contributed by atoms with E-state index in [1.54, 1.807) is 0 Å². The van der Waals surface area contributed by atoms with Crippen molar-refractivity contribution in [3.63, 3.8) is 0 Å². The van der Waals surface area contributed by atoms with Crippen molar-refractivity contribution in [2.75, 3.05) is 26.2 Å². The van der Waals surface area contributed by atoms with Gasteiger partial charge in [-0.1, -0.05) is 19.3 Å². The van der Waals surface area contributed by atoms with Gasteiger partial charge in [-0.05, 0) is 18.9 Å². The highest BCUT2D eigenvalue weighted by molar-refractivity contribution is 4.96. The molecule has 2 aliphatic rings. The number of hydrogen-bond acceptors (Lipinski definition) is 3. The molecular weight excluding hydrogens is 174 g/mol. The van der Waals surface area contributed by atoms with E-state index >= 15 is 0 Å². The first-order chi connectivity index (χ1) is 6.90. The predicted octanol–water partition coefficient (Wildman–Crippen LogP) is 0.974. The van der Waals surface area contributed by atoms with Crippen molar-refractivity contribution < 1.29 is 0 Å². The summed E-state index contributed by atoms with van der Waals surface area (Å²) in [4.78, 5) is 2.34. The van der Waals surface area contributed by atoms with E-state index in [1.807, 2.05) is 0 Å². The average Bonchev–Trinajstić information content (AvgIpc) is 2.16. The molecule has 2 fully saturated rings. The van der Waals surface area contributed by atoms with Gasteiger partial charge in [-0.25, -0.2) is 0 Å². The van der Waals surface area contributed by atoms with E-state index in [9.17, 15) is 0 Å². The molecule has 1 heterocycles. The Kier molecular flexibility index (Phi) is 3.39. The third-order valence-electron chi connectivity index (χ3n) is 3.55. The van der Waals surface area contributed by atoms with E-state index in [0.717, 1.165) is 32.1 Å². The third-order valence-corrected chi connectivity index (χ3v) is 3.55. The first kappa shape index (κ1) is 9.95. The molecule has 1 saturated carbocycles. The molecule has 3 heteroatoms. The highest BCUT2D eigenvalue weighted by atomic mass is 15.2. The van der Waals surface area contributed by atoms with Crippen molar-refractivity contribution in [3.8, 4) is 6.07 Å². The zero-order valence-corrected chi connectivity index (χ0v) is 8.71. The zero-order chi connectivity index (χ0) is 9.80. The third kappa shape index (κ3) is 2.26. The van der Waals surface area contributed by atoms with Gasteiger partial charge in [0.2, 0.25) is 0 Å². The minimum atomic E-state index is 0.115. The van der Waals surface area contributed by atoms with Crippen molar-refractivity contribution >= 4 is 0 Å². The van der Waals surface area contributed by atoms with Gasteiger partial charge in [0.05, 0.1) is 6.07 Å². The zero-order valence-electron chi connectivity index (χ0n) is 8.71. The molecule has 2 rings (SSSR count). The Hall–Kier alpha value is -0.590. The minimum absolute atomic E-state index is 0.115. The number of hydrogen-bond donors (Lipinski definition) is 1. The van der Waals surface area contributed by atoms with Crippen LogP contribution >= 0.6 is 0 Å². The summed E-state index contributed by atoms with van der Waals surface area (Å²) < 4.78 is 0. The molecule has 3 nitrogen and oxygen atoms in total. The Balaban J connectivity index is 1.73. The van der Waals surface area contributed by atoms with Gasteiger partial charge in [-0.15, -0.1) is 0 Å². The minimum Gasteiger partial charge on any atom is -0.313 e. The summed E-state index contributed by atoms with van der Waals surface area (Å²) in [7, 11) is 0. The first-order valence-corrected chi connectivity index (χ1v) is 5.74. The summed E-state index contributed by atoms with van der Waals surface area (Å²) >= 11 is 0. The van der Waals surface area contributed by atoms with Crippen LogP contribution in [0, 0.1) is 17.2 Å². The molecule has 1 aliphatic carbocycles. The van der Waals surface area contributed by atoms with E-state index in [2.05, 4.69) is 16.3 Å². The van der Waals surface area contributed by atoms with E-state index in [4.69, 9.17) is 5.26 Å². The predicted molar refractivity (Wildman–Crippen MR) is 55.8 cm³/mol. The Morgan fingerprint density at radius 1 is 1.43 bits per heavy atom. The molecule has 1 atom stereocenters. The molecule has 0 bridgehead atoms. The smallest absolute Gasteiger partial charge is 0.110 e. The molecule has 1 unspecified atom stereocenters. The fraction of sp³-hybridized carbons (Fsp3) is 0.909. The molecule has 1 N–H and O–H groups in total. The Bertz CT molecular complexity index is 217. The largest absolute Gasteiger partial charge is 0.313 e. The van der Waals surface area contributed by atoms with Crippen LogP contribution in [0.25, 0.3) is 0 Å². The van der Waals surface area contributed by atoms with Gasteiger partial charge in [0.25, 0.3) is 0 Å². The van der Waals surface area contributed by atoms with E-state index in [1.165, 1.54) is 25.7 Å². The number of rotatable bonds is 3. The maximum atomic E-state index is 8.97. The second kappa shape index (κ2) is 4.77. The van der Waals surface area contributed by atoms with E-state index in [0.29, 0.717) is 0 Å². The lowest BCUT2D eigenvalue weighted by molar-refractivity contribution is 0.166. The summed E-state index contributed by atoms with van der Waals surface area (Å²) in [6.45, 7) is 4.07. The van der Waals surface area contributed by atoms with Crippen LogP contribution in [0.1, 0.15) is 25.7 Å². The summed E-state index contributed by atoms with van der Waals surface area (Å²) in [5.41, 5.74) is 0. The van der Waals surface area contributed by atoms with Crippen molar-refractivity contribution in [2.24, 2.45) is 5.92 Å². The Labute approximate surface area is 86.1 Å². The topological polar surface area (TPSA) is 39.1 Å². The lowest BCUT2D eigenvalue weighted by Crippen LogP contribution is -2.51. The number of nitriles is 1. The van der Waals surface area contributed by atoms with Gasteiger partial charge in [0.1, 0.15) is 6.04 Å². The lowest BCUT2D eigenvalue weighted by atomic mass is 9.83. The number of piperazine rings is 1. The molecule has 0 aromatic rings. The second-order valence-corrected chi connectivity index (χ2v) is 4.47. The van der Waals surface area contributed by atoms with Crippen molar-refractivity contribution in [3.05, 3.63) is 0 Å². The molecule has 0 aromatic carbocycles. The van der Waals surface area contributed by atoms with Gasteiger partial charge in [0.15, 0.2) is 0 Å². The molecule has 0 spiro atoms. The monoisotopic (exact) mass is 193 g/mol. The highest BCUT2D eigenvalue weighted by Gasteiger charge is 2.24. The summed E-state index contributed by atoms with van der Waals surface area (Å²) in [6.07, 6.45) is 5.57. The van der Waals surface area contributed by atoms with Crippen LogP contribution in [0.3, 0.4) is 0 Å². The van der Waals surface area contributed by atoms with Crippen LogP contribution in [0.15, 0.2) is 0 Å². The Morgan fingerprint density at radius 2 is 2.29 bits per heavy atom. The molecule has 0 amide bonds. The summed E-state index contributed by atoms with van der Waals surface area (Å²) in [5, 5.41) is 12.2. The maximum absolute atomic E-state index is 8.97. The van der Waals surface area contributed by atoms with Crippen molar-refractivity contribution in [1.82, 2.24) is 10.2 Å². The van der Waals surface area contributed by atoms with Crippen LogP contribution in [0.5, 0.6) is 0 Å². The van der Waals surface area contributed by atoms with Gasteiger partial charge < -0.3 is 5.32 Å². The summed E-state index contributed by atoms with van der Waals surface area (Å²) in [5.74, 6) is 0.962. The second-order valence-electron chi connectivity index (χ2n) is 4.47. The fourth-order valence-corrected chi connectivity index (χ4v) is 2.27. The highest BCUT2D eigenvalue weighted by Crippen LogP contribution is 2.29. The number of nitrogens with zero attached hydrogens (tertiary/aromatic N) is 2. The van der Waals surface area contributed by atoms with Crippen LogP contribution in [-0.4, -0.2) is 37.1 Å². The van der Waals surface area contributed by atoms with Crippen LogP contribution < -0.4 is 5.32 Å². The molecule has 0 aromatic heterocycles. The van der Waals surface area contributed by atoms with Crippen LogP contribution in [0.4, 0.5) is 0 Å². The molecule has 0 radical (unpaired) electrons. The Morgan fingerprint density at radius 3 is 2.93 bits per heavy atom. The average molecular weight is 193 g/mol. The van der Waals surface area contributed by atoms with Gasteiger partial charge in [-0.2, -0.15) is 5.26 Å². The van der Waals surface area contributed by atoms with E-state index < -0.39 is 0 Å². The quantitative estimate of drug-likeness (QED) is 0.726. The summed E-state index contributed by atoms with van der Waals surface area (Å²) in [6, 6.07) is 2.49. The standard InChI is InChI=1S/C11H19N3/c12-8-11-9-13-5-7-14(11)6-4-10-2-1-3-10/h10-11,13H,1-7,9H2. The first-order valence-electron chi connectivity index (χ1n) is 5.74. The van der Waals surface area contributed by atoms with Crippen LogP contribution in [0.2, 0.25) is 0 Å².